The predicted molar refractivity (Wildman–Crippen MR) is 95.5 cm³/mol. The van der Waals surface area contributed by atoms with E-state index in [1.165, 1.54) is 0 Å². The van der Waals surface area contributed by atoms with Crippen molar-refractivity contribution in [2.45, 2.75) is 32.4 Å². The van der Waals surface area contributed by atoms with Gasteiger partial charge in [-0.3, -0.25) is 4.79 Å². The van der Waals surface area contributed by atoms with Gasteiger partial charge in [0.15, 0.2) is 0 Å². The van der Waals surface area contributed by atoms with Crippen molar-refractivity contribution >= 4 is 5.91 Å². The molecule has 3 rings (SSSR count). The smallest absolute Gasteiger partial charge is 0.255 e. The minimum Gasteiger partial charge on any atom is -0.497 e. The van der Waals surface area contributed by atoms with E-state index in [0.717, 1.165) is 17.7 Å². The quantitative estimate of drug-likeness (QED) is 0.900. The summed E-state index contributed by atoms with van der Waals surface area (Å²) in [6, 6.07) is 13.0. The first kappa shape index (κ1) is 17.1. The summed E-state index contributed by atoms with van der Waals surface area (Å²) in [4.78, 5) is 12.9. The van der Waals surface area contributed by atoms with Crippen LogP contribution in [0.1, 0.15) is 42.2 Å². The maximum Gasteiger partial charge on any atom is 0.255 e. The van der Waals surface area contributed by atoms with E-state index < -0.39 is 0 Å². The summed E-state index contributed by atoms with van der Waals surface area (Å²) in [7, 11) is 1.59. The van der Waals surface area contributed by atoms with Crippen LogP contribution in [0.25, 0.3) is 0 Å². The Morgan fingerprint density at radius 2 is 2.04 bits per heavy atom. The number of hydrogen-bond acceptors (Lipinski definition) is 4. The second kappa shape index (κ2) is 7.47. The molecule has 0 saturated heterocycles. The number of fused-ring (bicyclic) bond motifs is 1. The van der Waals surface area contributed by atoms with Gasteiger partial charge in [0.25, 0.3) is 5.91 Å². The van der Waals surface area contributed by atoms with Gasteiger partial charge in [0, 0.05) is 18.1 Å². The Hall–Kier alpha value is -2.69. The summed E-state index contributed by atoms with van der Waals surface area (Å²) < 4.78 is 16.7. The fourth-order valence-electron chi connectivity index (χ4n) is 2.90. The molecule has 132 valence electrons. The fraction of sp³-hybridized carbons (Fsp3) is 0.350. The number of carbonyl (C=O) groups excluding carboxylic acids is 1. The molecule has 1 unspecified atom stereocenters. The highest BCUT2D eigenvalue weighted by molar-refractivity contribution is 5.97. The Morgan fingerprint density at radius 1 is 1.24 bits per heavy atom. The van der Waals surface area contributed by atoms with Crippen molar-refractivity contribution in [2.75, 3.05) is 13.7 Å². The molecule has 5 heteroatoms. The first-order valence-electron chi connectivity index (χ1n) is 8.45. The minimum absolute atomic E-state index is 0.0394. The van der Waals surface area contributed by atoms with Crippen LogP contribution in [0.15, 0.2) is 42.5 Å². The molecular weight excluding hydrogens is 318 g/mol. The molecule has 1 aliphatic rings. The van der Waals surface area contributed by atoms with Gasteiger partial charge in [0.1, 0.15) is 17.2 Å². The summed E-state index contributed by atoms with van der Waals surface area (Å²) in [5.41, 5.74) is 1.50. The van der Waals surface area contributed by atoms with Gasteiger partial charge in [-0.15, -0.1) is 0 Å². The van der Waals surface area contributed by atoms with Crippen molar-refractivity contribution in [3.05, 3.63) is 53.6 Å². The number of hydrogen-bond donors (Lipinski definition) is 1. The highest BCUT2D eigenvalue weighted by atomic mass is 16.5. The molecule has 2 aromatic rings. The van der Waals surface area contributed by atoms with Crippen LogP contribution >= 0.6 is 0 Å². The molecule has 0 bridgehead atoms. The molecule has 1 heterocycles. The van der Waals surface area contributed by atoms with Crippen molar-refractivity contribution < 1.29 is 19.0 Å². The molecule has 5 nitrogen and oxygen atoms in total. The molecule has 2 aromatic carbocycles. The van der Waals surface area contributed by atoms with Crippen LogP contribution in [0, 0.1) is 0 Å². The van der Waals surface area contributed by atoms with Crippen molar-refractivity contribution in [3.8, 4) is 17.2 Å². The average Bonchev–Trinajstić information content (AvgIpc) is 2.61. The number of methoxy groups -OCH3 is 1. The lowest BCUT2D eigenvalue weighted by Gasteiger charge is -2.27. The third-order valence-electron chi connectivity index (χ3n) is 4.06. The molecule has 0 spiro atoms. The molecule has 0 radical (unpaired) electrons. The third kappa shape index (κ3) is 3.87. The van der Waals surface area contributed by atoms with Crippen LogP contribution < -0.4 is 19.5 Å². The highest BCUT2D eigenvalue weighted by Crippen LogP contribution is 2.32. The van der Waals surface area contributed by atoms with Crippen LogP contribution in [0.2, 0.25) is 0 Å². The van der Waals surface area contributed by atoms with Gasteiger partial charge in [-0.1, -0.05) is 18.2 Å². The summed E-state index contributed by atoms with van der Waals surface area (Å²) in [5, 5.41) is 3.10. The Kier molecular flexibility index (Phi) is 5.12. The number of nitrogens with one attached hydrogen (secondary N) is 1. The lowest BCUT2D eigenvalue weighted by Crippen LogP contribution is -2.32. The molecule has 0 aromatic heterocycles. The van der Waals surface area contributed by atoms with E-state index in [2.05, 4.69) is 5.32 Å². The van der Waals surface area contributed by atoms with E-state index in [9.17, 15) is 4.79 Å². The first-order valence-corrected chi connectivity index (χ1v) is 8.45. The zero-order valence-corrected chi connectivity index (χ0v) is 14.7. The molecule has 1 atom stereocenters. The molecule has 0 saturated carbocycles. The lowest BCUT2D eigenvalue weighted by molar-refractivity contribution is 0.0919. The van der Waals surface area contributed by atoms with Gasteiger partial charge in [-0.2, -0.15) is 0 Å². The summed E-state index contributed by atoms with van der Waals surface area (Å²) in [6.07, 6.45) is 0.696. The number of rotatable bonds is 5. The lowest BCUT2D eigenvalue weighted by atomic mass is 10.00. The van der Waals surface area contributed by atoms with E-state index in [1.807, 2.05) is 38.1 Å². The molecule has 1 amide bonds. The molecule has 25 heavy (non-hydrogen) atoms. The van der Waals surface area contributed by atoms with E-state index in [1.54, 1.807) is 25.3 Å². The minimum atomic E-state index is -0.167. The second-order valence-corrected chi connectivity index (χ2v) is 6.23. The predicted octanol–water partition coefficient (Wildman–Crippen LogP) is 3.74. The number of benzene rings is 2. The topological polar surface area (TPSA) is 56.8 Å². The van der Waals surface area contributed by atoms with Crippen molar-refractivity contribution in [2.24, 2.45) is 0 Å². The number of carbonyl (C=O) groups is 1. The molecular formula is C20H23NO4. The van der Waals surface area contributed by atoms with Gasteiger partial charge in [-0.25, -0.2) is 0 Å². The van der Waals surface area contributed by atoms with Gasteiger partial charge >= 0.3 is 0 Å². The van der Waals surface area contributed by atoms with Gasteiger partial charge in [0.2, 0.25) is 0 Å². The van der Waals surface area contributed by atoms with Crippen LogP contribution in [0.3, 0.4) is 0 Å². The SMILES string of the molecule is COc1ccc(C(=O)NC2CCOc3ccccc32)c(OC(C)C)c1. The molecule has 0 aliphatic carbocycles. The Labute approximate surface area is 147 Å². The molecule has 1 aliphatic heterocycles. The maximum atomic E-state index is 12.9. The van der Waals surface area contributed by atoms with Crippen molar-refractivity contribution in [3.63, 3.8) is 0 Å². The maximum absolute atomic E-state index is 12.9. The normalized spacial score (nSPS) is 15.9. The van der Waals surface area contributed by atoms with E-state index in [4.69, 9.17) is 14.2 Å². The standard InChI is InChI=1S/C20H23NO4/c1-13(2)25-19-12-14(23-3)8-9-16(19)20(22)21-17-10-11-24-18-7-5-4-6-15(17)18/h4-9,12-13,17H,10-11H2,1-3H3,(H,21,22). The van der Waals surface area contributed by atoms with Crippen LogP contribution in [-0.4, -0.2) is 25.7 Å². The largest absolute Gasteiger partial charge is 0.497 e. The Morgan fingerprint density at radius 3 is 2.80 bits per heavy atom. The fourth-order valence-corrected chi connectivity index (χ4v) is 2.90. The summed E-state index contributed by atoms with van der Waals surface area (Å²) in [5.74, 6) is 1.84. The van der Waals surface area contributed by atoms with E-state index in [0.29, 0.717) is 23.7 Å². The highest BCUT2D eigenvalue weighted by Gasteiger charge is 2.24. The van der Waals surface area contributed by atoms with Gasteiger partial charge in [0.05, 0.1) is 31.4 Å². The third-order valence-corrected chi connectivity index (χ3v) is 4.06. The second-order valence-electron chi connectivity index (χ2n) is 6.23. The van der Waals surface area contributed by atoms with Gasteiger partial charge < -0.3 is 19.5 Å². The summed E-state index contributed by atoms with van der Waals surface area (Å²) >= 11 is 0. The van der Waals surface area contributed by atoms with E-state index in [-0.39, 0.29) is 18.1 Å². The Bertz CT molecular complexity index is 757. The molecule has 1 N–H and O–H groups in total. The summed E-state index contributed by atoms with van der Waals surface area (Å²) in [6.45, 7) is 4.44. The first-order chi connectivity index (χ1) is 12.1. The van der Waals surface area contributed by atoms with E-state index >= 15 is 0 Å². The number of ether oxygens (including phenoxy) is 3. The van der Waals surface area contributed by atoms with Crippen molar-refractivity contribution in [1.29, 1.82) is 0 Å². The van der Waals surface area contributed by atoms with Crippen LogP contribution in [-0.2, 0) is 0 Å². The van der Waals surface area contributed by atoms with Crippen LogP contribution in [0.4, 0.5) is 0 Å². The average molecular weight is 341 g/mol. The number of para-hydroxylation sites is 1. The van der Waals surface area contributed by atoms with Gasteiger partial charge in [-0.05, 0) is 32.0 Å². The monoisotopic (exact) mass is 341 g/mol. The zero-order chi connectivity index (χ0) is 17.8. The zero-order valence-electron chi connectivity index (χ0n) is 14.7. The number of amides is 1. The molecule has 0 fully saturated rings. The van der Waals surface area contributed by atoms with Crippen molar-refractivity contribution in [1.82, 2.24) is 5.32 Å². The van der Waals surface area contributed by atoms with Crippen LogP contribution in [0.5, 0.6) is 17.2 Å². The Balaban J connectivity index is 1.84.